The number of nitriles is 1. The number of amides is 3. The van der Waals surface area contributed by atoms with Crippen LogP contribution in [0.15, 0.2) is 36.4 Å². The van der Waals surface area contributed by atoms with Crippen LogP contribution in [0, 0.1) is 25.2 Å². The summed E-state index contributed by atoms with van der Waals surface area (Å²) >= 11 is 0. The summed E-state index contributed by atoms with van der Waals surface area (Å²) < 4.78 is 5.21. The van der Waals surface area contributed by atoms with Crippen molar-refractivity contribution in [2.24, 2.45) is 0 Å². The van der Waals surface area contributed by atoms with E-state index in [2.05, 4.69) is 6.07 Å². The Bertz CT molecular complexity index is 1270. The van der Waals surface area contributed by atoms with Crippen molar-refractivity contribution < 1.29 is 23.9 Å². The fourth-order valence-electron chi connectivity index (χ4n) is 4.75. The number of carbonyl (C=O) groups excluding carboxylic acids is 4. The van der Waals surface area contributed by atoms with Gasteiger partial charge < -0.3 is 9.64 Å². The molecule has 8 nitrogen and oxygen atoms in total. The maximum absolute atomic E-state index is 13.1. The molecule has 0 radical (unpaired) electrons. The van der Waals surface area contributed by atoms with Gasteiger partial charge in [-0.1, -0.05) is 31.4 Å². The molecule has 1 fully saturated rings. The lowest BCUT2D eigenvalue weighted by Gasteiger charge is -2.38. The number of benzene rings is 2. The number of fused-ring (bicyclic) bond motifs is 1. The summed E-state index contributed by atoms with van der Waals surface area (Å²) in [5.41, 5.74) is 1.70. The Balaban J connectivity index is 1.48. The molecule has 1 aliphatic heterocycles. The maximum Gasteiger partial charge on any atom is 0.338 e. The summed E-state index contributed by atoms with van der Waals surface area (Å²) in [4.78, 5) is 53.9. The van der Waals surface area contributed by atoms with Crippen molar-refractivity contribution in [1.29, 1.82) is 5.26 Å². The number of nitrogens with zero attached hydrogens (tertiary/aromatic N) is 3. The summed E-state index contributed by atoms with van der Waals surface area (Å²) in [5, 5.41) is 9.67. The van der Waals surface area contributed by atoms with Crippen molar-refractivity contribution >= 4 is 29.4 Å². The third-order valence-electron chi connectivity index (χ3n) is 6.96. The average Bonchev–Trinajstić information content (AvgIpc) is 3.12. The van der Waals surface area contributed by atoms with E-state index in [1.165, 1.54) is 23.1 Å². The first kappa shape index (κ1) is 24.1. The largest absolute Gasteiger partial charge is 0.452 e. The second kappa shape index (κ2) is 9.34. The normalized spacial score (nSPS) is 16.5. The van der Waals surface area contributed by atoms with Crippen molar-refractivity contribution in [2.75, 3.05) is 18.6 Å². The molecule has 0 unspecified atom stereocenters. The van der Waals surface area contributed by atoms with Crippen molar-refractivity contribution in [3.8, 4) is 6.07 Å². The molecule has 2 aromatic carbocycles. The molecule has 4 rings (SSSR count). The molecular formula is C27H27N3O5. The van der Waals surface area contributed by atoms with Crippen LogP contribution in [0.1, 0.15) is 74.3 Å². The highest BCUT2D eigenvalue weighted by molar-refractivity contribution is 6.35. The van der Waals surface area contributed by atoms with Crippen LogP contribution in [-0.4, -0.2) is 47.8 Å². The predicted molar refractivity (Wildman–Crippen MR) is 128 cm³/mol. The topological polar surface area (TPSA) is 108 Å². The second-order valence-electron chi connectivity index (χ2n) is 9.23. The van der Waals surface area contributed by atoms with Crippen molar-refractivity contribution in [3.63, 3.8) is 0 Å². The fourth-order valence-corrected chi connectivity index (χ4v) is 4.75. The number of likely N-dealkylation sites (N-methyl/N-ethyl adjacent to an activating group) is 1. The van der Waals surface area contributed by atoms with E-state index >= 15 is 0 Å². The molecule has 2 aliphatic rings. The highest BCUT2D eigenvalue weighted by Crippen LogP contribution is 2.33. The molecule has 0 saturated heterocycles. The zero-order chi connectivity index (χ0) is 25.3. The summed E-state index contributed by atoms with van der Waals surface area (Å²) in [6.45, 7) is 3.18. The lowest BCUT2D eigenvalue weighted by Crippen LogP contribution is -2.51. The highest BCUT2D eigenvalue weighted by atomic mass is 16.5. The minimum atomic E-state index is -0.876. The lowest BCUT2D eigenvalue weighted by atomic mass is 9.81. The zero-order valence-corrected chi connectivity index (χ0v) is 20.1. The highest BCUT2D eigenvalue weighted by Gasteiger charge is 2.40. The van der Waals surface area contributed by atoms with Crippen molar-refractivity contribution in [2.45, 2.75) is 51.5 Å². The van der Waals surface area contributed by atoms with E-state index in [4.69, 9.17) is 4.74 Å². The third-order valence-corrected chi connectivity index (χ3v) is 6.96. The van der Waals surface area contributed by atoms with Crippen molar-refractivity contribution in [1.82, 2.24) is 4.90 Å². The van der Waals surface area contributed by atoms with Crippen LogP contribution >= 0.6 is 0 Å². The molecule has 180 valence electrons. The quantitative estimate of drug-likeness (QED) is 0.481. The molecule has 1 heterocycles. The lowest BCUT2D eigenvalue weighted by molar-refractivity contribution is -0.138. The first-order valence-electron chi connectivity index (χ1n) is 11.6. The molecule has 0 N–H and O–H groups in total. The third kappa shape index (κ3) is 4.30. The van der Waals surface area contributed by atoms with Crippen LogP contribution in [0.5, 0.6) is 0 Å². The minimum Gasteiger partial charge on any atom is -0.452 e. The summed E-state index contributed by atoms with van der Waals surface area (Å²) in [6, 6.07) is 11.9. The van der Waals surface area contributed by atoms with Crippen LogP contribution < -0.4 is 4.90 Å². The van der Waals surface area contributed by atoms with E-state index < -0.39 is 35.8 Å². The monoisotopic (exact) mass is 473 g/mol. The van der Waals surface area contributed by atoms with Crippen LogP contribution in [0.2, 0.25) is 0 Å². The van der Waals surface area contributed by atoms with Crippen LogP contribution in [0.25, 0.3) is 0 Å². The number of anilines is 1. The first-order valence-corrected chi connectivity index (χ1v) is 11.6. The number of aryl methyl sites for hydroxylation is 2. The van der Waals surface area contributed by atoms with E-state index in [0.717, 1.165) is 35.3 Å². The van der Waals surface area contributed by atoms with Crippen LogP contribution in [0.4, 0.5) is 5.69 Å². The molecular weight excluding hydrogens is 446 g/mol. The van der Waals surface area contributed by atoms with Gasteiger partial charge in [0.25, 0.3) is 17.7 Å². The molecule has 0 bridgehead atoms. The molecule has 1 saturated carbocycles. The second-order valence-corrected chi connectivity index (χ2v) is 9.23. The van der Waals surface area contributed by atoms with E-state index in [0.29, 0.717) is 18.5 Å². The Morgan fingerprint density at radius 2 is 1.71 bits per heavy atom. The van der Waals surface area contributed by atoms with Gasteiger partial charge in [0.1, 0.15) is 5.54 Å². The summed E-state index contributed by atoms with van der Waals surface area (Å²) in [6.07, 6.45) is 3.95. The Morgan fingerprint density at radius 1 is 1.03 bits per heavy atom. The fraction of sp³-hybridized carbons (Fsp3) is 0.370. The minimum absolute atomic E-state index is 0.0656. The van der Waals surface area contributed by atoms with Gasteiger partial charge >= 0.3 is 5.97 Å². The molecule has 3 amide bonds. The van der Waals surface area contributed by atoms with E-state index in [1.807, 2.05) is 26.0 Å². The smallest absolute Gasteiger partial charge is 0.338 e. The summed E-state index contributed by atoms with van der Waals surface area (Å²) in [7, 11) is 1.56. The van der Waals surface area contributed by atoms with Gasteiger partial charge in [-0.3, -0.25) is 14.4 Å². The van der Waals surface area contributed by atoms with Gasteiger partial charge in [-0.15, -0.1) is 0 Å². The van der Waals surface area contributed by atoms with Gasteiger partial charge in [0.2, 0.25) is 0 Å². The number of hydrogen-bond acceptors (Lipinski definition) is 6. The maximum atomic E-state index is 13.1. The summed E-state index contributed by atoms with van der Waals surface area (Å²) in [5.74, 6) is -2.22. The van der Waals surface area contributed by atoms with E-state index in [-0.39, 0.29) is 16.7 Å². The van der Waals surface area contributed by atoms with E-state index in [9.17, 15) is 24.4 Å². The van der Waals surface area contributed by atoms with Gasteiger partial charge in [-0.25, -0.2) is 9.69 Å². The molecule has 8 heteroatoms. The molecule has 0 spiro atoms. The van der Waals surface area contributed by atoms with Gasteiger partial charge in [0, 0.05) is 7.05 Å². The molecule has 0 aromatic heterocycles. The van der Waals surface area contributed by atoms with Crippen molar-refractivity contribution in [3.05, 3.63) is 64.2 Å². The number of rotatable bonds is 5. The van der Waals surface area contributed by atoms with Crippen LogP contribution in [-0.2, 0) is 9.53 Å². The first-order chi connectivity index (χ1) is 16.7. The molecule has 0 atom stereocenters. The van der Waals surface area contributed by atoms with Gasteiger partial charge in [0.15, 0.2) is 6.61 Å². The van der Waals surface area contributed by atoms with Gasteiger partial charge in [-0.2, -0.15) is 5.26 Å². The van der Waals surface area contributed by atoms with Gasteiger partial charge in [-0.05, 0) is 62.1 Å². The number of hydrogen-bond donors (Lipinski definition) is 0. The Kier molecular flexibility index (Phi) is 6.44. The standard InChI is InChI=1S/C27H27N3O5/c1-17-7-8-18(2)22(13-17)30-24(32)20-10-9-19(14-21(20)25(30)33)26(34)35-15-23(31)29(3)27(16-28)11-5-4-6-12-27/h7-10,13-14H,4-6,11-12,15H2,1-3H3. The van der Waals surface area contributed by atoms with Gasteiger partial charge in [0.05, 0.1) is 28.4 Å². The Hall–Kier alpha value is -3.99. The molecule has 1 aliphatic carbocycles. The van der Waals surface area contributed by atoms with E-state index in [1.54, 1.807) is 13.1 Å². The zero-order valence-electron chi connectivity index (χ0n) is 20.1. The van der Waals surface area contributed by atoms with Crippen LogP contribution in [0.3, 0.4) is 0 Å². The number of esters is 1. The number of ether oxygens (including phenoxy) is 1. The SMILES string of the molecule is Cc1ccc(C)c(N2C(=O)c3ccc(C(=O)OCC(=O)N(C)C4(C#N)CCCCC4)cc3C2=O)c1. The molecule has 35 heavy (non-hydrogen) atoms. The number of carbonyl (C=O) groups is 4. The Morgan fingerprint density at radius 3 is 2.40 bits per heavy atom. The molecule has 2 aromatic rings. The Labute approximate surface area is 204 Å². The average molecular weight is 474 g/mol. The number of imide groups is 1. The predicted octanol–water partition coefficient (Wildman–Crippen LogP) is 3.95.